The molecular formula is C23H26N8S. The number of thiazole rings is 1. The predicted octanol–water partition coefficient (Wildman–Crippen LogP) is 3.75. The molecule has 2 aliphatic heterocycles. The number of nitrogens with zero attached hydrogens (tertiary/aromatic N) is 6. The Morgan fingerprint density at radius 3 is 2.97 bits per heavy atom. The van der Waals surface area contributed by atoms with Crippen LogP contribution >= 0.6 is 11.3 Å². The summed E-state index contributed by atoms with van der Waals surface area (Å²) in [6.07, 6.45) is 10.9. The molecule has 0 radical (unpaired) electrons. The van der Waals surface area contributed by atoms with Gasteiger partial charge in [-0.3, -0.25) is 9.67 Å². The van der Waals surface area contributed by atoms with Gasteiger partial charge in [-0.1, -0.05) is 11.3 Å². The molecule has 32 heavy (non-hydrogen) atoms. The second kappa shape index (κ2) is 7.53. The van der Waals surface area contributed by atoms with Crippen molar-refractivity contribution in [3.63, 3.8) is 0 Å². The van der Waals surface area contributed by atoms with Crippen LogP contribution in [-0.2, 0) is 13.5 Å². The Kier molecular flexibility index (Phi) is 4.62. The smallest absolute Gasteiger partial charge is 0.146 e. The zero-order chi connectivity index (χ0) is 21.8. The third-order valence-electron chi connectivity index (χ3n) is 6.60. The van der Waals surface area contributed by atoms with E-state index in [-0.39, 0.29) is 0 Å². The zero-order valence-electron chi connectivity index (χ0n) is 18.5. The molecular weight excluding hydrogens is 420 g/mol. The monoisotopic (exact) mass is 446 g/mol. The maximum absolute atomic E-state index is 4.96. The standard InChI is InChI=1S/C23H26N8S/c1-13-8-15(4-6-24-13)31(3)19-9-18-22(29-19)32-23(28-18)21-20-16(5-7-25-20)17(11-26-21)14-10-27-30(2)12-14/h5,7,10-13,15,24-25H,4,6,8-9H2,1-3H3/t13-,15-/m0/s1. The molecule has 0 spiro atoms. The largest absolute Gasteiger partial charge is 0.360 e. The molecule has 2 N–H and O–H groups in total. The van der Waals surface area contributed by atoms with Gasteiger partial charge in [0.2, 0.25) is 0 Å². The second-order valence-electron chi connectivity index (χ2n) is 8.81. The summed E-state index contributed by atoms with van der Waals surface area (Å²) in [6, 6.07) is 3.19. The number of aryl methyl sites for hydroxylation is 1. The molecule has 2 aliphatic rings. The van der Waals surface area contributed by atoms with Crippen molar-refractivity contribution in [1.29, 1.82) is 0 Å². The van der Waals surface area contributed by atoms with Gasteiger partial charge in [-0.15, -0.1) is 0 Å². The van der Waals surface area contributed by atoms with Gasteiger partial charge in [0.1, 0.15) is 21.5 Å². The first-order chi connectivity index (χ1) is 15.6. The predicted molar refractivity (Wildman–Crippen MR) is 128 cm³/mol. The summed E-state index contributed by atoms with van der Waals surface area (Å²) in [4.78, 5) is 20.5. The van der Waals surface area contributed by atoms with Crippen LogP contribution in [0.5, 0.6) is 0 Å². The quantitative estimate of drug-likeness (QED) is 0.501. The fraction of sp³-hybridized carbons (Fsp3) is 0.391. The number of H-pyrrole nitrogens is 1. The summed E-state index contributed by atoms with van der Waals surface area (Å²) in [5, 5.41) is 10.9. The normalized spacial score (nSPS) is 20.5. The highest BCUT2D eigenvalue weighted by atomic mass is 32.1. The van der Waals surface area contributed by atoms with Gasteiger partial charge in [0.15, 0.2) is 0 Å². The van der Waals surface area contributed by atoms with Crippen molar-refractivity contribution in [3.05, 3.63) is 36.5 Å². The van der Waals surface area contributed by atoms with Crippen LogP contribution < -0.4 is 5.32 Å². The SMILES string of the molecule is C[C@H]1C[C@@H](N(C)C2=Nc3sc(-c4ncc(-c5cnn(C)c5)c5cc[nH]c45)nc3C2)CCN1. The highest BCUT2D eigenvalue weighted by Crippen LogP contribution is 2.41. The molecule has 9 heteroatoms. The van der Waals surface area contributed by atoms with Crippen LogP contribution in [0.15, 0.2) is 35.8 Å². The minimum atomic E-state index is 0.540. The lowest BCUT2D eigenvalue weighted by Crippen LogP contribution is -2.47. The van der Waals surface area contributed by atoms with Gasteiger partial charge in [0.05, 0.1) is 23.8 Å². The lowest BCUT2D eigenvalue weighted by molar-refractivity contribution is 0.253. The zero-order valence-corrected chi connectivity index (χ0v) is 19.3. The number of rotatable bonds is 3. The van der Waals surface area contributed by atoms with Crippen molar-refractivity contribution in [1.82, 2.24) is 34.9 Å². The van der Waals surface area contributed by atoms with E-state index in [4.69, 9.17) is 15.0 Å². The van der Waals surface area contributed by atoms with E-state index in [9.17, 15) is 0 Å². The Morgan fingerprint density at radius 2 is 2.19 bits per heavy atom. The summed E-state index contributed by atoms with van der Waals surface area (Å²) >= 11 is 1.63. The molecule has 0 unspecified atom stereocenters. The lowest BCUT2D eigenvalue weighted by atomic mass is 9.99. The molecule has 164 valence electrons. The second-order valence-corrected chi connectivity index (χ2v) is 9.79. The summed E-state index contributed by atoms with van der Waals surface area (Å²) in [6.45, 7) is 3.33. The molecule has 2 atom stereocenters. The van der Waals surface area contributed by atoms with Crippen LogP contribution in [0.4, 0.5) is 5.00 Å². The molecule has 4 aromatic rings. The van der Waals surface area contributed by atoms with E-state index in [0.29, 0.717) is 12.1 Å². The molecule has 0 amide bonds. The van der Waals surface area contributed by atoms with Gasteiger partial charge < -0.3 is 15.2 Å². The summed E-state index contributed by atoms with van der Waals surface area (Å²) in [5.74, 6) is 1.13. The van der Waals surface area contributed by atoms with Crippen molar-refractivity contribution in [3.8, 4) is 21.8 Å². The first-order valence-corrected chi connectivity index (χ1v) is 11.9. The molecule has 0 aliphatic carbocycles. The van der Waals surface area contributed by atoms with Crippen LogP contribution in [0.3, 0.4) is 0 Å². The first-order valence-electron chi connectivity index (χ1n) is 11.1. The first kappa shape index (κ1) is 19.6. The average molecular weight is 447 g/mol. The van der Waals surface area contributed by atoms with Gasteiger partial charge in [0, 0.05) is 61.3 Å². The van der Waals surface area contributed by atoms with Gasteiger partial charge >= 0.3 is 0 Å². The maximum atomic E-state index is 4.96. The highest BCUT2D eigenvalue weighted by Gasteiger charge is 2.29. The molecule has 4 aromatic heterocycles. The van der Waals surface area contributed by atoms with Gasteiger partial charge in [0.25, 0.3) is 0 Å². The lowest BCUT2D eigenvalue weighted by Gasteiger charge is -2.35. The fourth-order valence-corrected chi connectivity index (χ4v) is 5.81. The molecule has 6 heterocycles. The minimum Gasteiger partial charge on any atom is -0.360 e. The van der Waals surface area contributed by atoms with E-state index >= 15 is 0 Å². The number of amidine groups is 1. The number of hydrogen-bond acceptors (Lipinski definition) is 7. The maximum Gasteiger partial charge on any atom is 0.146 e. The molecule has 0 aromatic carbocycles. The van der Waals surface area contributed by atoms with Gasteiger partial charge in [-0.2, -0.15) is 5.10 Å². The van der Waals surface area contributed by atoms with Crippen LogP contribution in [0.2, 0.25) is 0 Å². The van der Waals surface area contributed by atoms with Gasteiger partial charge in [-0.25, -0.2) is 9.98 Å². The topological polar surface area (TPSA) is 87.0 Å². The Morgan fingerprint density at radius 1 is 1.28 bits per heavy atom. The van der Waals surface area contributed by atoms with Crippen LogP contribution in [0.25, 0.3) is 32.7 Å². The van der Waals surface area contributed by atoms with Crippen LogP contribution in [0.1, 0.15) is 25.5 Å². The average Bonchev–Trinajstić information content (AvgIpc) is 3.55. The van der Waals surface area contributed by atoms with E-state index in [0.717, 1.165) is 75.1 Å². The number of pyridine rings is 1. The summed E-state index contributed by atoms with van der Waals surface area (Å²) in [7, 11) is 4.11. The number of likely N-dealkylation sites (N-methyl/N-ethyl adjacent to an activating group) is 1. The number of hydrogen-bond donors (Lipinski definition) is 2. The number of aliphatic imine (C=N–C) groups is 1. The molecule has 1 saturated heterocycles. The molecule has 0 bridgehead atoms. The summed E-state index contributed by atoms with van der Waals surface area (Å²) < 4.78 is 1.81. The van der Waals surface area contributed by atoms with E-state index in [2.05, 4.69) is 40.3 Å². The summed E-state index contributed by atoms with van der Waals surface area (Å²) in [5.41, 5.74) is 5.08. The third-order valence-corrected chi connectivity index (χ3v) is 7.60. The molecule has 0 saturated carbocycles. The Balaban J connectivity index is 1.31. The van der Waals surface area contributed by atoms with E-state index in [1.807, 2.05) is 36.5 Å². The van der Waals surface area contributed by atoms with Crippen molar-refractivity contribution in [2.75, 3.05) is 13.6 Å². The Hall–Kier alpha value is -3.04. The van der Waals surface area contributed by atoms with Crippen molar-refractivity contribution in [2.24, 2.45) is 12.0 Å². The Labute approximate surface area is 190 Å². The number of piperidine rings is 1. The molecule has 1 fully saturated rings. The minimum absolute atomic E-state index is 0.540. The molecule has 8 nitrogen and oxygen atoms in total. The van der Waals surface area contributed by atoms with Crippen molar-refractivity contribution >= 4 is 33.1 Å². The van der Waals surface area contributed by atoms with Crippen molar-refractivity contribution in [2.45, 2.75) is 38.3 Å². The van der Waals surface area contributed by atoms with E-state index in [1.54, 1.807) is 11.3 Å². The van der Waals surface area contributed by atoms with Crippen LogP contribution in [-0.4, -0.2) is 61.1 Å². The number of fused-ring (bicyclic) bond motifs is 2. The Bertz CT molecular complexity index is 1330. The highest BCUT2D eigenvalue weighted by molar-refractivity contribution is 7.19. The third kappa shape index (κ3) is 3.23. The number of nitrogens with one attached hydrogen (secondary N) is 2. The fourth-order valence-electron chi connectivity index (χ4n) is 4.83. The van der Waals surface area contributed by atoms with E-state index < -0.39 is 0 Å². The van der Waals surface area contributed by atoms with E-state index in [1.165, 1.54) is 0 Å². The van der Waals surface area contributed by atoms with Gasteiger partial charge in [-0.05, 0) is 32.4 Å². The van der Waals surface area contributed by atoms with Crippen molar-refractivity contribution < 1.29 is 0 Å². The molecule has 6 rings (SSSR count). The number of aromatic amines is 1. The van der Waals surface area contributed by atoms with Crippen LogP contribution in [0, 0.1) is 0 Å². The number of aromatic nitrogens is 5.